The molecular formula is C13H25NO3. The van der Waals surface area contributed by atoms with Crippen molar-refractivity contribution in [2.45, 2.75) is 64.6 Å². The minimum Gasteiger partial charge on any atom is -0.465 e. The zero-order chi connectivity index (χ0) is 12.9. The molecule has 1 fully saturated rings. The third-order valence-electron chi connectivity index (χ3n) is 3.37. The highest BCUT2D eigenvalue weighted by Gasteiger charge is 2.44. The normalized spacial score (nSPS) is 30.9. The SMILES string of the molecule is CCOC(=O)C1(NC(C)CC)CCOC(C)C1. The van der Waals surface area contributed by atoms with Gasteiger partial charge >= 0.3 is 5.97 Å². The molecule has 1 heterocycles. The lowest BCUT2D eigenvalue weighted by atomic mass is 9.86. The summed E-state index contributed by atoms with van der Waals surface area (Å²) in [5.41, 5.74) is -0.552. The van der Waals surface area contributed by atoms with Crippen LogP contribution in [0.4, 0.5) is 0 Å². The first-order valence-electron chi connectivity index (χ1n) is 6.60. The van der Waals surface area contributed by atoms with Crippen LogP contribution in [-0.2, 0) is 14.3 Å². The predicted molar refractivity (Wildman–Crippen MR) is 66.9 cm³/mol. The number of hydrogen-bond acceptors (Lipinski definition) is 4. The van der Waals surface area contributed by atoms with E-state index in [2.05, 4.69) is 19.2 Å². The number of carbonyl (C=O) groups excluding carboxylic acids is 1. The molecule has 1 saturated heterocycles. The topological polar surface area (TPSA) is 47.6 Å². The molecule has 1 aliphatic rings. The molecule has 1 aliphatic heterocycles. The Morgan fingerprint density at radius 2 is 2.29 bits per heavy atom. The highest BCUT2D eigenvalue weighted by Crippen LogP contribution is 2.27. The third kappa shape index (κ3) is 3.68. The van der Waals surface area contributed by atoms with Crippen molar-refractivity contribution < 1.29 is 14.3 Å². The average molecular weight is 243 g/mol. The molecule has 0 saturated carbocycles. The molecule has 0 aromatic rings. The van der Waals surface area contributed by atoms with Crippen LogP contribution >= 0.6 is 0 Å². The van der Waals surface area contributed by atoms with Gasteiger partial charge in [-0.15, -0.1) is 0 Å². The average Bonchev–Trinajstić information content (AvgIpc) is 2.29. The summed E-state index contributed by atoms with van der Waals surface area (Å²) in [6, 6.07) is 0.310. The quantitative estimate of drug-likeness (QED) is 0.749. The highest BCUT2D eigenvalue weighted by atomic mass is 16.5. The molecule has 0 aromatic heterocycles. The Morgan fingerprint density at radius 1 is 1.59 bits per heavy atom. The fourth-order valence-corrected chi connectivity index (χ4v) is 2.30. The van der Waals surface area contributed by atoms with Crippen LogP contribution in [0.5, 0.6) is 0 Å². The lowest BCUT2D eigenvalue weighted by Gasteiger charge is -2.40. The molecular weight excluding hydrogens is 218 g/mol. The second-order valence-electron chi connectivity index (χ2n) is 4.89. The van der Waals surface area contributed by atoms with Gasteiger partial charge in [0.15, 0.2) is 0 Å². The van der Waals surface area contributed by atoms with Gasteiger partial charge in [0.1, 0.15) is 5.54 Å². The van der Waals surface area contributed by atoms with Gasteiger partial charge in [0.2, 0.25) is 0 Å². The molecule has 0 radical (unpaired) electrons. The first-order valence-corrected chi connectivity index (χ1v) is 6.60. The summed E-state index contributed by atoms with van der Waals surface area (Å²) in [6.07, 6.45) is 2.48. The minimum absolute atomic E-state index is 0.102. The molecule has 0 bridgehead atoms. The molecule has 0 spiro atoms. The molecule has 0 aromatic carbocycles. The van der Waals surface area contributed by atoms with Gasteiger partial charge in [0, 0.05) is 19.1 Å². The summed E-state index contributed by atoms with van der Waals surface area (Å²) in [7, 11) is 0. The van der Waals surface area contributed by atoms with E-state index >= 15 is 0 Å². The van der Waals surface area contributed by atoms with Crippen LogP contribution in [0, 0.1) is 0 Å². The first-order chi connectivity index (χ1) is 8.04. The summed E-state index contributed by atoms with van der Waals surface area (Å²) in [4.78, 5) is 12.2. The third-order valence-corrected chi connectivity index (χ3v) is 3.37. The molecule has 4 nitrogen and oxygen atoms in total. The van der Waals surface area contributed by atoms with Crippen molar-refractivity contribution in [3.8, 4) is 0 Å². The fraction of sp³-hybridized carbons (Fsp3) is 0.923. The zero-order valence-corrected chi connectivity index (χ0v) is 11.4. The second kappa shape index (κ2) is 6.36. The van der Waals surface area contributed by atoms with E-state index in [0.717, 1.165) is 6.42 Å². The van der Waals surface area contributed by atoms with Crippen molar-refractivity contribution in [3.63, 3.8) is 0 Å². The van der Waals surface area contributed by atoms with E-state index in [1.807, 2.05) is 13.8 Å². The summed E-state index contributed by atoms with van der Waals surface area (Å²) in [6.45, 7) is 9.10. The van der Waals surface area contributed by atoms with E-state index in [9.17, 15) is 4.79 Å². The van der Waals surface area contributed by atoms with Gasteiger partial charge in [0.25, 0.3) is 0 Å². The molecule has 100 valence electrons. The van der Waals surface area contributed by atoms with Crippen molar-refractivity contribution in [3.05, 3.63) is 0 Å². The Kier molecular flexibility index (Phi) is 5.40. The van der Waals surface area contributed by atoms with E-state index in [0.29, 0.717) is 32.1 Å². The van der Waals surface area contributed by atoms with Gasteiger partial charge in [-0.3, -0.25) is 10.1 Å². The first kappa shape index (κ1) is 14.5. The van der Waals surface area contributed by atoms with Crippen LogP contribution in [0.1, 0.15) is 47.0 Å². The Labute approximate surface area is 104 Å². The second-order valence-corrected chi connectivity index (χ2v) is 4.89. The van der Waals surface area contributed by atoms with Crippen LogP contribution in [0.15, 0.2) is 0 Å². The molecule has 4 heteroatoms. The van der Waals surface area contributed by atoms with E-state index < -0.39 is 5.54 Å². The van der Waals surface area contributed by atoms with E-state index in [1.165, 1.54) is 0 Å². The number of hydrogen-bond donors (Lipinski definition) is 1. The standard InChI is InChI=1S/C13H25NO3/c1-5-10(3)14-13(12(15)16-6-2)7-8-17-11(4)9-13/h10-11,14H,5-9H2,1-4H3. The Bertz CT molecular complexity index is 257. The Morgan fingerprint density at radius 3 is 2.82 bits per heavy atom. The fourth-order valence-electron chi connectivity index (χ4n) is 2.30. The molecule has 3 atom stereocenters. The largest absolute Gasteiger partial charge is 0.465 e. The lowest BCUT2D eigenvalue weighted by molar-refractivity contribution is -0.158. The number of esters is 1. The summed E-state index contributed by atoms with van der Waals surface area (Å²) < 4.78 is 10.8. The van der Waals surface area contributed by atoms with E-state index in [-0.39, 0.29) is 12.1 Å². The lowest BCUT2D eigenvalue weighted by Crippen LogP contribution is -2.60. The maximum absolute atomic E-state index is 12.2. The Hall–Kier alpha value is -0.610. The number of nitrogens with one attached hydrogen (secondary N) is 1. The molecule has 17 heavy (non-hydrogen) atoms. The van der Waals surface area contributed by atoms with Crippen LogP contribution in [0.2, 0.25) is 0 Å². The zero-order valence-electron chi connectivity index (χ0n) is 11.4. The number of rotatable bonds is 5. The van der Waals surface area contributed by atoms with Gasteiger partial charge in [-0.2, -0.15) is 0 Å². The van der Waals surface area contributed by atoms with Crippen LogP contribution in [0.25, 0.3) is 0 Å². The predicted octanol–water partition coefficient (Wildman–Crippen LogP) is 1.88. The summed E-state index contributed by atoms with van der Waals surface area (Å²) in [5.74, 6) is -0.129. The summed E-state index contributed by atoms with van der Waals surface area (Å²) in [5, 5.41) is 3.44. The van der Waals surface area contributed by atoms with Crippen molar-refractivity contribution in [2.24, 2.45) is 0 Å². The highest BCUT2D eigenvalue weighted by molar-refractivity contribution is 5.81. The van der Waals surface area contributed by atoms with Gasteiger partial charge < -0.3 is 9.47 Å². The minimum atomic E-state index is -0.552. The maximum atomic E-state index is 12.2. The van der Waals surface area contributed by atoms with Gasteiger partial charge in [-0.25, -0.2) is 0 Å². The van der Waals surface area contributed by atoms with Gasteiger partial charge in [0.05, 0.1) is 12.7 Å². The van der Waals surface area contributed by atoms with Crippen molar-refractivity contribution in [1.29, 1.82) is 0 Å². The molecule has 1 N–H and O–H groups in total. The van der Waals surface area contributed by atoms with Crippen molar-refractivity contribution in [1.82, 2.24) is 5.32 Å². The van der Waals surface area contributed by atoms with Gasteiger partial charge in [-0.1, -0.05) is 6.92 Å². The number of carbonyl (C=O) groups is 1. The van der Waals surface area contributed by atoms with E-state index in [1.54, 1.807) is 0 Å². The monoisotopic (exact) mass is 243 g/mol. The van der Waals surface area contributed by atoms with Crippen molar-refractivity contribution in [2.75, 3.05) is 13.2 Å². The van der Waals surface area contributed by atoms with Crippen molar-refractivity contribution >= 4 is 5.97 Å². The molecule has 0 amide bonds. The maximum Gasteiger partial charge on any atom is 0.326 e. The molecule has 3 unspecified atom stereocenters. The summed E-state index contributed by atoms with van der Waals surface area (Å²) >= 11 is 0. The smallest absolute Gasteiger partial charge is 0.326 e. The van der Waals surface area contributed by atoms with E-state index in [4.69, 9.17) is 9.47 Å². The van der Waals surface area contributed by atoms with Gasteiger partial charge in [-0.05, 0) is 33.6 Å². The van der Waals surface area contributed by atoms with Crippen LogP contribution < -0.4 is 5.32 Å². The number of ether oxygens (including phenoxy) is 2. The Balaban J connectivity index is 2.79. The molecule has 1 rings (SSSR count). The van der Waals surface area contributed by atoms with Crippen LogP contribution in [0.3, 0.4) is 0 Å². The van der Waals surface area contributed by atoms with Crippen LogP contribution in [-0.4, -0.2) is 36.9 Å². The molecule has 0 aliphatic carbocycles.